The highest BCUT2D eigenvalue weighted by molar-refractivity contribution is 5.85. The fourth-order valence-electron chi connectivity index (χ4n) is 3.29. The maximum absolute atomic E-state index is 13.3. The number of aromatic nitrogens is 3. The predicted molar refractivity (Wildman–Crippen MR) is 129 cm³/mol. The second kappa shape index (κ2) is 10.5. The van der Waals surface area contributed by atoms with Gasteiger partial charge < -0.3 is 19.5 Å². The molecule has 4 aromatic rings. The normalized spacial score (nSPS) is 11.5. The zero-order chi connectivity index (χ0) is 23.9. The Balaban J connectivity index is 1.60. The Morgan fingerprint density at radius 3 is 2.12 bits per heavy atom. The van der Waals surface area contributed by atoms with Crippen LogP contribution in [0.3, 0.4) is 0 Å². The summed E-state index contributed by atoms with van der Waals surface area (Å²) >= 11 is 0. The standard InChI is InChI=1S/C26H26N4O4/c1-18(34-23-7-5-4-6-8-23)25(31)30-26(27-17-19-9-13-21(32-2)14-10-19)28-24(29-30)20-11-15-22(33-3)16-12-20/h4-16,18H,17H2,1-3H3,(H,27,28,29). The molecule has 0 spiro atoms. The van der Waals surface area contributed by atoms with E-state index < -0.39 is 6.10 Å². The number of nitrogens with zero attached hydrogens (tertiary/aromatic N) is 3. The molecule has 0 saturated carbocycles. The topological polar surface area (TPSA) is 87.5 Å². The Kier molecular flexibility index (Phi) is 7.07. The molecule has 1 atom stereocenters. The zero-order valence-corrected chi connectivity index (χ0v) is 19.3. The van der Waals surface area contributed by atoms with Crippen LogP contribution in [-0.4, -0.2) is 41.0 Å². The van der Waals surface area contributed by atoms with Crippen LogP contribution in [0.25, 0.3) is 11.4 Å². The fraction of sp³-hybridized carbons (Fsp3) is 0.192. The molecule has 8 nitrogen and oxygen atoms in total. The average Bonchev–Trinajstić information content (AvgIpc) is 3.32. The van der Waals surface area contributed by atoms with E-state index in [4.69, 9.17) is 14.2 Å². The van der Waals surface area contributed by atoms with Gasteiger partial charge >= 0.3 is 0 Å². The highest BCUT2D eigenvalue weighted by Gasteiger charge is 2.23. The highest BCUT2D eigenvalue weighted by Crippen LogP contribution is 2.22. The lowest BCUT2D eigenvalue weighted by Gasteiger charge is -2.14. The minimum Gasteiger partial charge on any atom is -0.497 e. The zero-order valence-electron chi connectivity index (χ0n) is 19.3. The number of nitrogens with one attached hydrogen (secondary N) is 1. The summed E-state index contributed by atoms with van der Waals surface area (Å²) in [6.07, 6.45) is -0.769. The number of anilines is 1. The molecule has 1 heterocycles. The first-order valence-electron chi connectivity index (χ1n) is 10.8. The van der Waals surface area contributed by atoms with E-state index in [-0.39, 0.29) is 5.91 Å². The van der Waals surface area contributed by atoms with Gasteiger partial charge in [0.25, 0.3) is 5.91 Å². The van der Waals surface area contributed by atoms with Crippen molar-refractivity contribution in [1.29, 1.82) is 0 Å². The number of benzene rings is 3. The molecule has 0 aliphatic carbocycles. The van der Waals surface area contributed by atoms with Crippen LogP contribution in [0.2, 0.25) is 0 Å². The summed E-state index contributed by atoms with van der Waals surface area (Å²) in [4.78, 5) is 17.9. The van der Waals surface area contributed by atoms with Gasteiger partial charge in [-0.1, -0.05) is 30.3 Å². The molecule has 8 heteroatoms. The molecule has 3 aromatic carbocycles. The van der Waals surface area contributed by atoms with Crippen LogP contribution in [0.5, 0.6) is 17.2 Å². The lowest BCUT2D eigenvalue weighted by atomic mass is 10.2. The van der Waals surface area contributed by atoms with Crippen molar-refractivity contribution < 1.29 is 19.0 Å². The van der Waals surface area contributed by atoms with Crippen molar-refractivity contribution in [2.75, 3.05) is 19.5 Å². The van der Waals surface area contributed by atoms with E-state index in [1.54, 1.807) is 33.3 Å². The van der Waals surface area contributed by atoms with Gasteiger partial charge in [-0.15, -0.1) is 5.10 Å². The minimum absolute atomic E-state index is 0.329. The number of hydrogen-bond donors (Lipinski definition) is 1. The van der Waals surface area contributed by atoms with Gasteiger partial charge in [0.05, 0.1) is 14.2 Å². The van der Waals surface area contributed by atoms with Crippen LogP contribution in [0, 0.1) is 0 Å². The smallest absolute Gasteiger partial charge is 0.290 e. The second-order valence-electron chi connectivity index (χ2n) is 7.51. The van der Waals surface area contributed by atoms with Crippen LogP contribution in [0.15, 0.2) is 78.9 Å². The maximum atomic E-state index is 13.3. The Hall–Kier alpha value is -4.33. The Labute approximate surface area is 198 Å². The third-order valence-electron chi connectivity index (χ3n) is 5.18. The molecule has 1 unspecified atom stereocenters. The molecule has 0 saturated heterocycles. The molecule has 34 heavy (non-hydrogen) atoms. The van der Waals surface area contributed by atoms with Gasteiger partial charge in [0.1, 0.15) is 17.2 Å². The largest absolute Gasteiger partial charge is 0.497 e. The van der Waals surface area contributed by atoms with E-state index >= 15 is 0 Å². The van der Waals surface area contributed by atoms with Gasteiger partial charge in [-0.2, -0.15) is 9.67 Å². The molecular weight excluding hydrogens is 432 g/mol. The summed E-state index contributed by atoms with van der Waals surface area (Å²) in [6, 6.07) is 24.2. The number of carbonyl (C=O) groups is 1. The number of carbonyl (C=O) groups excluding carboxylic acids is 1. The van der Waals surface area contributed by atoms with Gasteiger partial charge in [-0.05, 0) is 61.0 Å². The highest BCUT2D eigenvalue weighted by atomic mass is 16.5. The molecule has 0 aliphatic rings. The molecule has 0 bridgehead atoms. The van der Waals surface area contributed by atoms with Crippen LogP contribution in [0.1, 0.15) is 17.3 Å². The summed E-state index contributed by atoms with van der Waals surface area (Å²) in [6.45, 7) is 2.14. The van der Waals surface area contributed by atoms with Crippen molar-refractivity contribution in [3.63, 3.8) is 0 Å². The molecule has 0 aliphatic heterocycles. The first kappa shape index (κ1) is 22.8. The van der Waals surface area contributed by atoms with Gasteiger partial charge in [0.2, 0.25) is 5.95 Å². The molecular formula is C26H26N4O4. The van der Waals surface area contributed by atoms with Crippen LogP contribution < -0.4 is 19.5 Å². The van der Waals surface area contributed by atoms with Gasteiger partial charge in [0, 0.05) is 12.1 Å². The van der Waals surface area contributed by atoms with Gasteiger partial charge in [-0.25, -0.2) is 0 Å². The van der Waals surface area contributed by atoms with Crippen molar-refractivity contribution in [3.8, 4) is 28.6 Å². The number of methoxy groups -OCH3 is 2. The van der Waals surface area contributed by atoms with Crippen molar-refractivity contribution >= 4 is 11.9 Å². The Morgan fingerprint density at radius 1 is 0.882 bits per heavy atom. The third kappa shape index (κ3) is 5.35. The maximum Gasteiger partial charge on any atom is 0.290 e. The number of rotatable bonds is 9. The van der Waals surface area contributed by atoms with Crippen molar-refractivity contribution in [2.45, 2.75) is 19.6 Å². The first-order chi connectivity index (χ1) is 16.6. The fourth-order valence-corrected chi connectivity index (χ4v) is 3.29. The van der Waals surface area contributed by atoms with Crippen LogP contribution >= 0.6 is 0 Å². The summed E-state index contributed by atoms with van der Waals surface area (Å²) in [5.74, 6) is 2.51. The molecule has 0 fully saturated rings. The lowest BCUT2D eigenvalue weighted by molar-refractivity contribution is 0.0713. The number of ether oxygens (including phenoxy) is 3. The van der Waals surface area contributed by atoms with Crippen molar-refractivity contribution in [1.82, 2.24) is 14.8 Å². The average molecular weight is 459 g/mol. The molecule has 1 aromatic heterocycles. The number of para-hydroxylation sites is 1. The van der Waals surface area contributed by atoms with Gasteiger partial charge in [-0.3, -0.25) is 4.79 Å². The molecule has 4 rings (SSSR count). The summed E-state index contributed by atoms with van der Waals surface area (Å²) in [5.41, 5.74) is 1.76. The molecule has 174 valence electrons. The summed E-state index contributed by atoms with van der Waals surface area (Å²) < 4.78 is 17.5. The van der Waals surface area contributed by atoms with Crippen molar-refractivity contribution in [2.24, 2.45) is 0 Å². The molecule has 1 N–H and O–H groups in total. The molecule has 0 radical (unpaired) electrons. The SMILES string of the molecule is COc1ccc(CNc2nc(-c3ccc(OC)cc3)nn2C(=O)C(C)Oc2ccccc2)cc1. The van der Waals surface area contributed by atoms with E-state index in [2.05, 4.69) is 15.4 Å². The molecule has 0 amide bonds. The number of hydrogen-bond acceptors (Lipinski definition) is 7. The second-order valence-corrected chi connectivity index (χ2v) is 7.51. The Morgan fingerprint density at radius 2 is 1.50 bits per heavy atom. The third-order valence-corrected chi connectivity index (χ3v) is 5.18. The first-order valence-corrected chi connectivity index (χ1v) is 10.8. The quantitative estimate of drug-likeness (QED) is 0.390. The monoisotopic (exact) mass is 458 g/mol. The van der Waals surface area contributed by atoms with E-state index in [9.17, 15) is 4.79 Å². The lowest BCUT2D eigenvalue weighted by Crippen LogP contribution is -2.31. The predicted octanol–water partition coefficient (Wildman–Crippen LogP) is 4.68. The van der Waals surface area contributed by atoms with Gasteiger partial charge in [0.15, 0.2) is 11.9 Å². The van der Waals surface area contributed by atoms with E-state index in [0.29, 0.717) is 24.1 Å². The van der Waals surface area contributed by atoms with Crippen molar-refractivity contribution in [3.05, 3.63) is 84.4 Å². The van der Waals surface area contributed by atoms with E-state index in [0.717, 1.165) is 22.6 Å². The van der Waals surface area contributed by atoms with E-state index in [1.165, 1.54) is 4.68 Å². The summed E-state index contributed by atoms with van der Waals surface area (Å²) in [7, 11) is 3.23. The van der Waals surface area contributed by atoms with Crippen LogP contribution in [-0.2, 0) is 6.54 Å². The van der Waals surface area contributed by atoms with E-state index in [1.807, 2.05) is 66.7 Å². The minimum atomic E-state index is -0.769. The summed E-state index contributed by atoms with van der Waals surface area (Å²) in [5, 5.41) is 7.72. The van der Waals surface area contributed by atoms with Crippen LogP contribution in [0.4, 0.5) is 5.95 Å². The Bertz CT molecular complexity index is 1220.